The van der Waals surface area contributed by atoms with E-state index in [-0.39, 0.29) is 42.3 Å². The minimum absolute atomic E-state index is 0.0473. The monoisotopic (exact) mass is 582 g/mol. The van der Waals surface area contributed by atoms with Gasteiger partial charge < -0.3 is 18.8 Å². The Labute approximate surface area is 237 Å². The Morgan fingerprint density at radius 2 is 1.71 bits per heavy atom. The Kier molecular flexibility index (Phi) is 7.85. The molecule has 0 N–H and O–H groups in total. The number of amides is 1. The molecule has 0 unspecified atom stereocenters. The second-order valence-corrected chi connectivity index (χ2v) is 12.3. The lowest BCUT2D eigenvalue weighted by Gasteiger charge is -2.37. The molecule has 216 valence electrons. The number of aryl methyl sites for hydroxylation is 1. The van der Waals surface area contributed by atoms with E-state index in [1.165, 1.54) is 38.2 Å². The highest BCUT2D eigenvalue weighted by Crippen LogP contribution is 2.38. The van der Waals surface area contributed by atoms with Gasteiger partial charge in [0.05, 0.1) is 19.5 Å². The quantitative estimate of drug-likeness (QED) is 0.302. The van der Waals surface area contributed by atoms with Gasteiger partial charge in [-0.05, 0) is 55.3 Å². The van der Waals surface area contributed by atoms with Crippen LogP contribution in [0.1, 0.15) is 36.4 Å². The van der Waals surface area contributed by atoms with Crippen LogP contribution >= 0.6 is 0 Å². The third-order valence-electron chi connectivity index (χ3n) is 7.35. The summed E-state index contributed by atoms with van der Waals surface area (Å²) in [4.78, 5) is 13.9. The van der Waals surface area contributed by atoms with E-state index in [2.05, 4.69) is 10.2 Å². The highest BCUT2D eigenvalue weighted by molar-refractivity contribution is 7.91. The molecule has 1 aliphatic heterocycles. The SMILES string of the molecule is COc1cccc(OC)c1-n1c(CS(=O)(=O)[C@@H]2C[C@H](c3ccc(F)cc3)CN(C(C)=O)C2)nnc1-c1ccc(C)o1. The summed E-state index contributed by atoms with van der Waals surface area (Å²) >= 11 is 0. The molecule has 1 fully saturated rings. The molecule has 1 saturated heterocycles. The molecule has 0 spiro atoms. The number of aromatic nitrogens is 3. The summed E-state index contributed by atoms with van der Waals surface area (Å²) in [7, 11) is -0.881. The third-order valence-corrected chi connectivity index (χ3v) is 9.37. The average molecular weight is 583 g/mol. The Bertz CT molecular complexity index is 1640. The second-order valence-electron chi connectivity index (χ2n) is 10.0. The van der Waals surface area contributed by atoms with E-state index in [0.717, 1.165) is 5.56 Å². The van der Waals surface area contributed by atoms with Gasteiger partial charge in [0.1, 0.15) is 34.5 Å². The number of carbonyl (C=O) groups excluding carboxylic acids is 1. The van der Waals surface area contributed by atoms with Crippen LogP contribution in [0.3, 0.4) is 0 Å². The van der Waals surface area contributed by atoms with E-state index in [4.69, 9.17) is 13.9 Å². The maximum absolute atomic E-state index is 14.0. The van der Waals surface area contributed by atoms with Crippen molar-refractivity contribution >= 4 is 15.7 Å². The highest BCUT2D eigenvalue weighted by Gasteiger charge is 2.38. The normalized spacial score (nSPS) is 17.4. The number of ether oxygens (including phenoxy) is 2. The van der Waals surface area contributed by atoms with Gasteiger partial charge in [-0.3, -0.25) is 9.36 Å². The van der Waals surface area contributed by atoms with Gasteiger partial charge in [-0.15, -0.1) is 10.2 Å². The van der Waals surface area contributed by atoms with Gasteiger partial charge in [-0.1, -0.05) is 18.2 Å². The number of nitrogens with zero attached hydrogens (tertiary/aromatic N) is 4. The zero-order chi connectivity index (χ0) is 29.3. The summed E-state index contributed by atoms with van der Waals surface area (Å²) < 4.78 is 60.3. The number of furan rings is 1. The maximum atomic E-state index is 14.0. The Morgan fingerprint density at radius 3 is 2.29 bits per heavy atom. The van der Waals surface area contributed by atoms with Crippen molar-refractivity contribution in [3.8, 4) is 28.8 Å². The molecule has 3 heterocycles. The molecular weight excluding hydrogens is 551 g/mol. The number of sulfone groups is 1. The van der Waals surface area contributed by atoms with Crippen molar-refractivity contribution in [1.29, 1.82) is 0 Å². The molecule has 2 aromatic heterocycles. The van der Waals surface area contributed by atoms with Gasteiger partial charge in [0.25, 0.3) is 0 Å². The fraction of sp³-hybridized carbons (Fsp3) is 0.345. The van der Waals surface area contributed by atoms with E-state index in [0.29, 0.717) is 35.3 Å². The van der Waals surface area contributed by atoms with Gasteiger partial charge in [0, 0.05) is 25.9 Å². The Balaban J connectivity index is 1.57. The van der Waals surface area contributed by atoms with Crippen LogP contribution in [0.4, 0.5) is 4.39 Å². The van der Waals surface area contributed by atoms with Gasteiger partial charge in [-0.2, -0.15) is 0 Å². The number of likely N-dealkylation sites (tertiary alicyclic amines) is 1. The molecule has 0 aliphatic carbocycles. The highest BCUT2D eigenvalue weighted by atomic mass is 32.2. The predicted molar refractivity (Wildman–Crippen MR) is 149 cm³/mol. The van der Waals surface area contributed by atoms with Crippen molar-refractivity contribution in [3.63, 3.8) is 0 Å². The molecule has 2 atom stereocenters. The molecule has 1 aliphatic rings. The smallest absolute Gasteiger partial charge is 0.219 e. The second kappa shape index (κ2) is 11.4. The first-order valence-electron chi connectivity index (χ1n) is 13.1. The molecule has 1 amide bonds. The zero-order valence-corrected chi connectivity index (χ0v) is 24.0. The average Bonchev–Trinajstić information content (AvgIpc) is 3.57. The van der Waals surface area contributed by atoms with Crippen LogP contribution in [0.2, 0.25) is 0 Å². The standard InChI is InChI=1S/C29H31FN4O6S/c1-18-8-13-26(40-18)29-32-31-27(34(29)28-24(38-3)6-5-7-25(28)39-4)17-41(36,37)23-14-21(15-33(16-23)19(2)35)20-9-11-22(30)12-10-20/h5-13,21,23H,14-17H2,1-4H3/t21-,23+/m0/s1. The molecule has 0 saturated carbocycles. The van der Waals surface area contributed by atoms with E-state index in [1.54, 1.807) is 54.0 Å². The number of rotatable bonds is 8. The van der Waals surface area contributed by atoms with Crippen LogP contribution in [-0.2, 0) is 20.4 Å². The molecule has 0 radical (unpaired) electrons. The van der Waals surface area contributed by atoms with Crippen molar-refractivity contribution in [3.05, 3.63) is 77.6 Å². The summed E-state index contributed by atoms with van der Waals surface area (Å²) in [5.74, 6) is 0.945. The molecule has 2 aromatic carbocycles. The first-order chi connectivity index (χ1) is 19.6. The zero-order valence-electron chi connectivity index (χ0n) is 23.2. The number of para-hydroxylation sites is 1. The summed E-state index contributed by atoms with van der Waals surface area (Å²) in [6.07, 6.45) is 0.272. The van der Waals surface area contributed by atoms with E-state index in [1.807, 2.05) is 0 Å². The van der Waals surface area contributed by atoms with Crippen molar-refractivity contribution in [2.24, 2.45) is 0 Å². The Morgan fingerprint density at radius 1 is 1.02 bits per heavy atom. The van der Waals surface area contributed by atoms with Crippen molar-refractivity contribution in [2.75, 3.05) is 27.3 Å². The van der Waals surface area contributed by atoms with Crippen molar-refractivity contribution in [1.82, 2.24) is 19.7 Å². The van der Waals surface area contributed by atoms with E-state index >= 15 is 0 Å². The van der Waals surface area contributed by atoms with Crippen molar-refractivity contribution in [2.45, 2.75) is 37.2 Å². The Hall–Kier alpha value is -4.19. The molecular formula is C29H31FN4O6S. The first kappa shape index (κ1) is 28.3. The number of piperidine rings is 1. The van der Waals surface area contributed by atoms with Gasteiger partial charge in [-0.25, -0.2) is 12.8 Å². The predicted octanol–water partition coefficient (Wildman–Crippen LogP) is 4.31. The molecule has 4 aromatic rings. The van der Waals surface area contributed by atoms with Crippen molar-refractivity contribution < 1.29 is 31.5 Å². The summed E-state index contributed by atoms with van der Waals surface area (Å²) in [6, 6.07) is 14.7. The van der Waals surface area contributed by atoms with Gasteiger partial charge >= 0.3 is 0 Å². The van der Waals surface area contributed by atoms with Crippen LogP contribution in [0.15, 0.2) is 59.0 Å². The fourth-order valence-electron chi connectivity index (χ4n) is 5.26. The van der Waals surface area contributed by atoms with E-state index < -0.39 is 20.8 Å². The number of halogens is 1. The van der Waals surface area contributed by atoms with Crippen LogP contribution < -0.4 is 9.47 Å². The molecule has 0 bridgehead atoms. The summed E-state index contributed by atoms with van der Waals surface area (Å²) in [6.45, 7) is 3.61. The molecule has 10 nitrogen and oxygen atoms in total. The summed E-state index contributed by atoms with van der Waals surface area (Å²) in [5, 5.41) is 7.72. The lowest BCUT2D eigenvalue weighted by molar-refractivity contribution is -0.129. The van der Waals surface area contributed by atoms with Gasteiger partial charge in [0.15, 0.2) is 21.4 Å². The minimum atomic E-state index is -3.89. The van der Waals surface area contributed by atoms with Gasteiger partial charge in [0.2, 0.25) is 11.7 Å². The largest absolute Gasteiger partial charge is 0.494 e. The topological polar surface area (TPSA) is 117 Å². The number of benzene rings is 2. The van der Waals surface area contributed by atoms with Crippen LogP contribution in [0.5, 0.6) is 11.5 Å². The number of hydrogen-bond donors (Lipinski definition) is 0. The fourth-order valence-corrected chi connectivity index (χ4v) is 6.97. The lowest BCUT2D eigenvalue weighted by atomic mass is 9.90. The lowest BCUT2D eigenvalue weighted by Crippen LogP contribution is -2.47. The molecule has 5 rings (SSSR count). The minimum Gasteiger partial charge on any atom is -0.494 e. The van der Waals surface area contributed by atoms with Crippen LogP contribution in [0, 0.1) is 12.7 Å². The number of methoxy groups -OCH3 is 2. The maximum Gasteiger partial charge on any atom is 0.219 e. The number of hydrogen-bond acceptors (Lipinski definition) is 8. The first-order valence-corrected chi connectivity index (χ1v) is 14.8. The van der Waals surface area contributed by atoms with Crippen LogP contribution in [-0.4, -0.2) is 66.5 Å². The molecule has 41 heavy (non-hydrogen) atoms. The molecule has 12 heteroatoms. The third kappa shape index (κ3) is 5.69. The van der Waals surface area contributed by atoms with Crippen LogP contribution in [0.25, 0.3) is 17.3 Å². The number of carbonyl (C=O) groups is 1. The van der Waals surface area contributed by atoms with E-state index in [9.17, 15) is 17.6 Å². The summed E-state index contributed by atoms with van der Waals surface area (Å²) in [5.41, 5.74) is 1.20.